The fourth-order valence-corrected chi connectivity index (χ4v) is 5.83. The van der Waals surface area contributed by atoms with Crippen LogP contribution >= 0.6 is 0 Å². The lowest BCUT2D eigenvalue weighted by Crippen LogP contribution is -2.52. The van der Waals surface area contributed by atoms with Gasteiger partial charge < -0.3 is 10.2 Å². The molecule has 0 aromatic heterocycles. The van der Waals surface area contributed by atoms with Crippen LogP contribution in [0.4, 0.5) is 0 Å². The molecule has 4 rings (SSSR count). The number of rotatable bonds is 7. The van der Waals surface area contributed by atoms with Crippen LogP contribution in [0.5, 0.6) is 0 Å². The molecule has 4 aliphatic carbocycles. The van der Waals surface area contributed by atoms with Crippen molar-refractivity contribution in [1.29, 1.82) is 0 Å². The molecule has 1 atom stereocenters. The molecular weight excluding hydrogens is 244 g/mol. The van der Waals surface area contributed by atoms with Crippen LogP contribution in [0, 0.1) is 23.2 Å². The van der Waals surface area contributed by atoms with Gasteiger partial charge in [-0.1, -0.05) is 13.8 Å². The Hall–Kier alpha value is -0.0800. The van der Waals surface area contributed by atoms with E-state index in [-0.39, 0.29) is 0 Å². The third-order valence-electron chi connectivity index (χ3n) is 6.42. The Balaban J connectivity index is 1.50. The summed E-state index contributed by atoms with van der Waals surface area (Å²) in [5.74, 6) is 3.25. The van der Waals surface area contributed by atoms with Crippen molar-refractivity contribution in [3.05, 3.63) is 0 Å². The van der Waals surface area contributed by atoms with E-state index in [2.05, 4.69) is 31.0 Å². The van der Waals surface area contributed by atoms with Crippen molar-refractivity contribution in [3.63, 3.8) is 0 Å². The monoisotopic (exact) mass is 278 g/mol. The van der Waals surface area contributed by atoms with Gasteiger partial charge >= 0.3 is 0 Å². The summed E-state index contributed by atoms with van der Waals surface area (Å²) < 4.78 is 0. The normalized spacial score (nSPS) is 40.5. The SMILES string of the molecule is CCN(CC)CC(C)NCC12CC3CC(CC(C3)C1)C2. The lowest BCUT2D eigenvalue weighted by Gasteiger charge is -2.57. The average Bonchev–Trinajstić information content (AvgIpc) is 2.41. The van der Waals surface area contributed by atoms with E-state index in [4.69, 9.17) is 0 Å². The van der Waals surface area contributed by atoms with E-state index in [0.717, 1.165) is 17.8 Å². The largest absolute Gasteiger partial charge is 0.312 e. The van der Waals surface area contributed by atoms with Crippen molar-refractivity contribution in [1.82, 2.24) is 10.2 Å². The molecule has 1 unspecified atom stereocenters. The summed E-state index contributed by atoms with van der Waals surface area (Å²) in [7, 11) is 0. The molecule has 4 bridgehead atoms. The molecule has 2 nitrogen and oxygen atoms in total. The van der Waals surface area contributed by atoms with E-state index in [1.807, 2.05) is 0 Å². The molecule has 0 aliphatic heterocycles. The molecule has 116 valence electrons. The highest BCUT2D eigenvalue weighted by molar-refractivity contribution is 5.02. The van der Waals surface area contributed by atoms with Crippen LogP contribution in [0.3, 0.4) is 0 Å². The summed E-state index contributed by atoms with van der Waals surface area (Å²) in [6.07, 6.45) is 9.29. The average molecular weight is 278 g/mol. The Labute approximate surface area is 125 Å². The standard InChI is InChI=1S/C18H34N2/c1-4-20(5-2)12-14(3)19-13-18-9-15-6-16(10-18)8-17(7-15)11-18/h14-17,19H,4-13H2,1-3H3. The quantitative estimate of drug-likeness (QED) is 0.766. The number of hydrogen-bond donors (Lipinski definition) is 1. The molecule has 0 aromatic rings. The van der Waals surface area contributed by atoms with Gasteiger partial charge in [0.05, 0.1) is 0 Å². The zero-order valence-corrected chi connectivity index (χ0v) is 13.8. The molecule has 0 heterocycles. The smallest absolute Gasteiger partial charge is 0.0166 e. The molecule has 4 saturated carbocycles. The molecule has 4 aliphatic rings. The number of likely N-dealkylation sites (N-methyl/N-ethyl adjacent to an activating group) is 1. The van der Waals surface area contributed by atoms with Crippen molar-refractivity contribution >= 4 is 0 Å². The Morgan fingerprint density at radius 2 is 1.50 bits per heavy atom. The van der Waals surface area contributed by atoms with Gasteiger partial charge in [-0.15, -0.1) is 0 Å². The minimum Gasteiger partial charge on any atom is -0.312 e. The first kappa shape index (κ1) is 14.8. The van der Waals surface area contributed by atoms with Crippen LogP contribution in [0.25, 0.3) is 0 Å². The van der Waals surface area contributed by atoms with E-state index in [0.29, 0.717) is 11.5 Å². The third-order valence-corrected chi connectivity index (χ3v) is 6.42. The lowest BCUT2D eigenvalue weighted by atomic mass is 9.49. The summed E-state index contributed by atoms with van der Waals surface area (Å²) in [5.41, 5.74) is 0.687. The minimum absolute atomic E-state index is 0.642. The van der Waals surface area contributed by atoms with Gasteiger partial charge in [-0.2, -0.15) is 0 Å². The minimum atomic E-state index is 0.642. The first-order chi connectivity index (χ1) is 9.62. The van der Waals surface area contributed by atoms with Crippen LogP contribution in [0.15, 0.2) is 0 Å². The summed E-state index contributed by atoms with van der Waals surface area (Å²) in [6, 6.07) is 0.642. The lowest BCUT2D eigenvalue weighted by molar-refractivity contribution is -0.0525. The predicted molar refractivity (Wildman–Crippen MR) is 85.9 cm³/mol. The molecular formula is C18H34N2. The Morgan fingerprint density at radius 1 is 1.00 bits per heavy atom. The van der Waals surface area contributed by atoms with Crippen molar-refractivity contribution < 1.29 is 0 Å². The summed E-state index contributed by atoms with van der Waals surface area (Å²) in [5, 5.41) is 3.90. The van der Waals surface area contributed by atoms with Crippen molar-refractivity contribution in [2.24, 2.45) is 23.2 Å². The first-order valence-electron chi connectivity index (χ1n) is 9.08. The highest BCUT2D eigenvalue weighted by Crippen LogP contribution is 2.59. The van der Waals surface area contributed by atoms with E-state index >= 15 is 0 Å². The number of nitrogens with zero attached hydrogens (tertiary/aromatic N) is 1. The molecule has 0 amide bonds. The Kier molecular flexibility index (Phi) is 4.42. The van der Waals surface area contributed by atoms with Crippen LogP contribution in [-0.2, 0) is 0 Å². The molecule has 1 N–H and O–H groups in total. The van der Waals surface area contributed by atoms with Crippen molar-refractivity contribution in [3.8, 4) is 0 Å². The maximum Gasteiger partial charge on any atom is 0.0166 e. The molecule has 0 saturated heterocycles. The summed E-state index contributed by atoms with van der Waals surface area (Å²) in [4.78, 5) is 2.54. The Bertz CT molecular complexity index is 286. The van der Waals surface area contributed by atoms with Crippen molar-refractivity contribution in [2.45, 2.75) is 65.3 Å². The van der Waals surface area contributed by atoms with Gasteiger partial charge in [-0.3, -0.25) is 0 Å². The maximum atomic E-state index is 3.90. The van der Waals surface area contributed by atoms with Crippen LogP contribution in [0.2, 0.25) is 0 Å². The summed E-state index contributed by atoms with van der Waals surface area (Å²) >= 11 is 0. The third kappa shape index (κ3) is 3.06. The fourth-order valence-electron chi connectivity index (χ4n) is 5.83. The van der Waals surface area contributed by atoms with E-state index in [1.165, 1.54) is 45.4 Å². The summed E-state index contributed by atoms with van der Waals surface area (Å²) in [6.45, 7) is 11.8. The van der Waals surface area contributed by atoms with Gasteiger partial charge in [0.2, 0.25) is 0 Å². The predicted octanol–water partition coefficient (Wildman–Crippen LogP) is 3.52. The van der Waals surface area contributed by atoms with Gasteiger partial charge in [0.15, 0.2) is 0 Å². The molecule has 0 spiro atoms. The second kappa shape index (κ2) is 5.96. The van der Waals surface area contributed by atoms with E-state index in [1.54, 1.807) is 19.3 Å². The van der Waals surface area contributed by atoms with Crippen LogP contribution in [-0.4, -0.2) is 37.1 Å². The van der Waals surface area contributed by atoms with Gasteiger partial charge in [0, 0.05) is 19.1 Å². The van der Waals surface area contributed by atoms with Gasteiger partial charge in [0.25, 0.3) is 0 Å². The number of hydrogen-bond acceptors (Lipinski definition) is 2. The molecule has 20 heavy (non-hydrogen) atoms. The van der Waals surface area contributed by atoms with Crippen molar-refractivity contribution in [2.75, 3.05) is 26.2 Å². The second-order valence-corrected chi connectivity index (χ2v) is 8.19. The first-order valence-corrected chi connectivity index (χ1v) is 9.08. The molecule has 2 heteroatoms. The second-order valence-electron chi connectivity index (χ2n) is 8.19. The molecule has 0 radical (unpaired) electrons. The number of nitrogens with one attached hydrogen (secondary N) is 1. The maximum absolute atomic E-state index is 3.90. The zero-order chi connectivity index (χ0) is 14.2. The zero-order valence-electron chi connectivity index (χ0n) is 13.8. The van der Waals surface area contributed by atoms with Crippen LogP contribution in [0.1, 0.15) is 59.3 Å². The van der Waals surface area contributed by atoms with Crippen LogP contribution < -0.4 is 5.32 Å². The van der Waals surface area contributed by atoms with Gasteiger partial charge in [-0.05, 0) is 81.7 Å². The highest BCUT2D eigenvalue weighted by Gasteiger charge is 2.50. The molecule has 0 aromatic carbocycles. The fraction of sp³-hybridized carbons (Fsp3) is 1.00. The topological polar surface area (TPSA) is 15.3 Å². The van der Waals surface area contributed by atoms with E-state index < -0.39 is 0 Å². The van der Waals surface area contributed by atoms with Gasteiger partial charge in [-0.25, -0.2) is 0 Å². The van der Waals surface area contributed by atoms with Gasteiger partial charge in [0.1, 0.15) is 0 Å². The van der Waals surface area contributed by atoms with E-state index in [9.17, 15) is 0 Å². The highest BCUT2D eigenvalue weighted by atomic mass is 15.1. The molecule has 4 fully saturated rings. The Morgan fingerprint density at radius 3 is 1.95 bits per heavy atom.